The molecule has 2 heteroatoms. The Labute approximate surface area is 120 Å². The van der Waals surface area contributed by atoms with Gasteiger partial charge in [-0.05, 0) is 48.6 Å². The number of ether oxygens (including phenoxy) is 1. The zero-order valence-corrected chi connectivity index (χ0v) is 11.9. The average molecular weight is 267 g/mol. The second-order valence-corrected chi connectivity index (χ2v) is 5.45. The fourth-order valence-electron chi connectivity index (χ4n) is 2.77. The van der Waals surface area contributed by atoms with Gasteiger partial charge in [-0.3, -0.25) is 0 Å². The van der Waals surface area contributed by atoms with E-state index in [1.54, 1.807) is 7.11 Å². The van der Waals surface area contributed by atoms with Gasteiger partial charge in [-0.2, -0.15) is 0 Å². The van der Waals surface area contributed by atoms with Crippen LogP contribution in [0, 0.1) is 5.92 Å². The van der Waals surface area contributed by atoms with E-state index in [1.807, 2.05) is 12.1 Å². The summed E-state index contributed by atoms with van der Waals surface area (Å²) in [6.07, 6.45) is 4.00. The van der Waals surface area contributed by atoms with Gasteiger partial charge in [-0.25, -0.2) is 0 Å². The second kappa shape index (κ2) is 6.00. The van der Waals surface area contributed by atoms with Crippen LogP contribution in [0.25, 0.3) is 0 Å². The third kappa shape index (κ3) is 2.79. The molecule has 0 heterocycles. The lowest BCUT2D eigenvalue weighted by Gasteiger charge is -2.35. The smallest absolute Gasteiger partial charge is 0.119 e. The molecular formula is C18H21NO. The quantitative estimate of drug-likeness (QED) is 0.851. The standard InChI is InChI=1S/C18H21NO/c1-20-17-12-10-16(11-13-17)19-18(15-8-5-9-15)14-6-3-2-4-7-14/h2-4,6-7,10-13,15,18-19H,5,8-9H2,1H3/t18-/m1/s1. The first-order chi connectivity index (χ1) is 9.86. The Balaban J connectivity index is 1.79. The molecule has 0 aromatic heterocycles. The highest BCUT2D eigenvalue weighted by Gasteiger charge is 2.28. The van der Waals surface area contributed by atoms with E-state index < -0.39 is 0 Å². The van der Waals surface area contributed by atoms with Crippen LogP contribution in [0.1, 0.15) is 30.9 Å². The van der Waals surface area contributed by atoms with Crippen LogP contribution in [0.2, 0.25) is 0 Å². The molecule has 1 aliphatic carbocycles. The van der Waals surface area contributed by atoms with Gasteiger partial charge in [0.1, 0.15) is 5.75 Å². The van der Waals surface area contributed by atoms with Gasteiger partial charge in [0.25, 0.3) is 0 Å². The number of hydrogen-bond acceptors (Lipinski definition) is 2. The van der Waals surface area contributed by atoms with Crippen molar-refractivity contribution in [1.82, 2.24) is 0 Å². The summed E-state index contributed by atoms with van der Waals surface area (Å²) in [4.78, 5) is 0. The molecular weight excluding hydrogens is 246 g/mol. The minimum atomic E-state index is 0.415. The van der Waals surface area contributed by atoms with Crippen molar-refractivity contribution in [2.45, 2.75) is 25.3 Å². The Morgan fingerprint density at radius 2 is 1.70 bits per heavy atom. The van der Waals surface area contributed by atoms with Crippen molar-refractivity contribution in [2.75, 3.05) is 12.4 Å². The highest BCUT2D eigenvalue weighted by atomic mass is 16.5. The molecule has 0 radical (unpaired) electrons. The van der Waals surface area contributed by atoms with Crippen LogP contribution < -0.4 is 10.1 Å². The molecule has 0 unspecified atom stereocenters. The fourth-order valence-corrected chi connectivity index (χ4v) is 2.77. The summed E-state index contributed by atoms with van der Waals surface area (Å²) in [6, 6.07) is 19.4. The summed E-state index contributed by atoms with van der Waals surface area (Å²) in [5.41, 5.74) is 2.54. The van der Waals surface area contributed by atoms with Gasteiger partial charge in [-0.1, -0.05) is 36.8 Å². The van der Waals surface area contributed by atoms with Crippen molar-refractivity contribution in [3.8, 4) is 5.75 Å². The van der Waals surface area contributed by atoms with E-state index in [2.05, 4.69) is 47.8 Å². The van der Waals surface area contributed by atoms with E-state index in [1.165, 1.54) is 24.8 Å². The van der Waals surface area contributed by atoms with Crippen molar-refractivity contribution in [1.29, 1.82) is 0 Å². The molecule has 0 bridgehead atoms. The first kappa shape index (κ1) is 13.0. The van der Waals surface area contributed by atoms with Crippen molar-refractivity contribution in [3.05, 3.63) is 60.2 Å². The average Bonchev–Trinajstić information content (AvgIpc) is 2.46. The van der Waals surface area contributed by atoms with Crippen molar-refractivity contribution < 1.29 is 4.74 Å². The summed E-state index contributed by atoms with van der Waals surface area (Å²) in [5, 5.41) is 3.69. The van der Waals surface area contributed by atoms with E-state index in [9.17, 15) is 0 Å². The van der Waals surface area contributed by atoms with E-state index >= 15 is 0 Å². The number of hydrogen-bond donors (Lipinski definition) is 1. The summed E-state index contributed by atoms with van der Waals surface area (Å²) < 4.78 is 5.21. The summed E-state index contributed by atoms with van der Waals surface area (Å²) in [7, 11) is 1.70. The molecule has 2 aromatic carbocycles. The van der Waals surface area contributed by atoms with Gasteiger partial charge in [0.05, 0.1) is 13.2 Å². The second-order valence-electron chi connectivity index (χ2n) is 5.45. The Bertz CT molecular complexity index is 531. The van der Waals surface area contributed by atoms with Gasteiger partial charge in [0, 0.05) is 5.69 Å². The van der Waals surface area contributed by atoms with E-state index in [-0.39, 0.29) is 0 Å². The monoisotopic (exact) mass is 267 g/mol. The van der Waals surface area contributed by atoms with Crippen molar-refractivity contribution >= 4 is 5.69 Å². The summed E-state index contributed by atoms with van der Waals surface area (Å²) in [5.74, 6) is 1.65. The minimum Gasteiger partial charge on any atom is -0.497 e. The van der Waals surface area contributed by atoms with Gasteiger partial charge < -0.3 is 10.1 Å². The molecule has 20 heavy (non-hydrogen) atoms. The van der Waals surface area contributed by atoms with Gasteiger partial charge in [-0.15, -0.1) is 0 Å². The lowest BCUT2D eigenvalue weighted by Crippen LogP contribution is -2.26. The van der Waals surface area contributed by atoms with E-state index in [4.69, 9.17) is 4.74 Å². The van der Waals surface area contributed by atoms with Crippen LogP contribution in [0.3, 0.4) is 0 Å². The van der Waals surface area contributed by atoms with Crippen molar-refractivity contribution in [3.63, 3.8) is 0 Å². The highest BCUT2D eigenvalue weighted by Crippen LogP contribution is 2.39. The van der Waals surface area contributed by atoms with Gasteiger partial charge in [0.15, 0.2) is 0 Å². The number of methoxy groups -OCH3 is 1. The van der Waals surface area contributed by atoms with Crippen LogP contribution >= 0.6 is 0 Å². The molecule has 0 amide bonds. The van der Waals surface area contributed by atoms with Gasteiger partial charge >= 0.3 is 0 Å². The number of anilines is 1. The molecule has 1 fully saturated rings. The highest BCUT2D eigenvalue weighted by molar-refractivity contribution is 5.48. The molecule has 3 rings (SSSR count). The normalized spacial score (nSPS) is 16.2. The summed E-state index contributed by atoms with van der Waals surface area (Å²) in [6.45, 7) is 0. The molecule has 1 aliphatic rings. The van der Waals surface area contributed by atoms with Crippen molar-refractivity contribution in [2.24, 2.45) is 5.92 Å². The molecule has 0 aliphatic heterocycles. The molecule has 1 saturated carbocycles. The van der Waals surface area contributed by atoms with Gasteiger partial charge in [0.2, 0.25) is 0 Å². The first-order valence-electron chi connectivity index (χ1n) is 7.32. The third-order valence-corrected chi connectivity index (χ3v) is 4.19. The molecule has 0 saturated heterocycles. The maximum absolute atomic E-state index is 5.21. The molecule has 1 atom stereocenters. The SMILES string of the molecule is COc1ccc(N[C@H](c2ccccc2)C2CCC2)cc1. The lowest BCUT2D eigenvalue weighted by atomic mass is 9.77. The molecule has 104 valence electrons. The molecule has 2 aromatic rings. The Morgan fingerprint density at radius 1 is 1.00 bits per heavy atom. The number of benzene rings is 2. The van der Waals surface area contributed by atoms with E-state index in [0.717, 1.165) is 17.4 Å². The zero-order chi connectivity index (χ0) is 13.8. The summed E-state index contributed by atoms with van der Waals surface area (Å²) >= 11 is 0. The fraction of sp³-hybridized carbons (Fsp3) is 0.333. The maximum atomic E-state index is 5.21. The molecule has 0 spiro atoms. The van der Waals surface area contributed by atoms with Crippen LogP contribution in [0.15, 0.2) is 54.6 Å². The zero-order valence-electron chi connectivity index (χ0n) is 11.9. The topological polar surface area (TPSA) is 21.3 Å². The molecule has 1 N–H and O–H groups in total. The minimum absolute atomic E-state index is 0.415. The maximum Gasteiger partial charge on any atom is 0.119 e. The predicted molar refractivity (Wildman–Crippen MR) is 83.1 cm³/mol. The first-order valence-corrected chi connectivity index (χ1v) is 7.32. The Morgan fingerprint density at radius 3 is 2.25 bits per heavy atom. The van der Waals surface area contributed by atoms with Crippen LogP contribution in [-0.4, -0.2) is 7.11 Å². The van der Waals surface area contributed by atoms with Crippen LogP contribution in [0.4, 0.5) is 5.69 Å². The number of rotatable bonds is 5. The lowest BCUT2D eigenvalue weighted by molar-refractivity contribution is 0.277. The van der Waals surface area contributed by atoms with E-state index in [0.29, 0.717) is 6.04 Å². The Kier molecular flexibility index (Phi) is 3.91. The largest absolute Gasteiger partial charge is 0.497 e. The molecule has 2 nitrogen and oxygen atoms in total. The van der Waals surface area contributed by atoms with Crippen LogP contribution in [-0.2, 0) is 0 Å². The van der Waals surface area contributed by atoms with Crippen LogP contribution in [0.5, 0.6) is 5.75 Å². The Hall–Kier alpha value is -1.96. The predicted octanol–water partition coefficient (Wildman–Crippen LogP) is 4.65. The number of nitrogens with one attached hydrogen (secondary N) is 1. The third-order valence-electron chi connectivity index (χ3n) is 4.19.